The van der Waals surface area contributed by atoms with Crippen molar-refractivity contribution in [2.75, 3.05) is 30.3 Å². The van der Waals surface area contributed by atoms with E-state index in [-0.39, 0.29) is 12.4 Å². The topological polar surface area (TPSA) is 63.7 Å². The zero-order valence-electron chi connectivity index (χ0n) is 11.0. The molecule has 1 aliphatic heterocycles. The highest BCUT2D eigenvalue weighted by atomic mass is 32.2. The molecule has 0 amide bonds. The van der Waals surface area contributed by atoms with Crippen LogP contribution in [0, 0.1) is 0 Å². The minimum absolute atomic E-state index is 0.114. The average molecular weight is 303 g/mol. The molecule has 1 aliphatic rings. The van der Waals surface area contributed by atoms with E-state index in [4.69, 9.17) is 4.74 Å². The van der Waals surface area contributed by atoms with Gasteiger partial charge in [0, 0.05) is 13.1 Å². The Hall–Kier alpha value is -1.08. The molecule has 0 fully saturated rings. The van der Waals surface area contributed by atoms with Gasteiger partial charge >= 0.3 is 5.97 Å². The van der Waals surface area contributed by atoms with Crippen LogP contribution in [0.3, 0.4) is 0 Å². The summed E-state index contributed by atoms with van der Waals surface area (Å²) in [5.41, 5.74) is 0.654. The molecule has 106 valence electrons. The number of hydrogen-bond acceptors (Lipinski definition) is 6. The Kier molecular flexibility index (Phi) is 4.15. The smallest absolute Gasteiger partial charge is 0.348 e. The first-order chi connectivity index (χ1) is 8.99. The first-order valence-electron chi connectivity index (χ1n) is 6.28. The van der Waals surface area contributed by atoms with Crippen LogP contribution in [0.5, 0.6) is 0 Å². The third-order valence-electron chi connectivity index (χ3n) is 2.90. The lowest BCUT2D eigenvalue weighted by molar-refractivity contribution is 0.0532. The molecule has 5 nitrogen and oxygen atoms in total. The molecule has 0 aliphatic carbocycles. The normalized spacial score (nSPS) is 17.1. The van der Waals surface area contributed by atoms with Gasteiger partial charge in [0.2, 0.25) is 0 Å². The van der Waals surface area contributed by atoms with Crippen LogP contribution in [0.25, 0.3) is 0 Å². The molecular formula is C12H17NO4S2. The molecule has 1 aromatic rings. The Morgan fingerprint density at radius 2 is 2.21 bits per heavy atom. The van der Waals surface area contributed by atoms with Gasteiger partial charge in [-0.1, -0.05) is 6.92 Å². The van der Waals surface area contributed by atoms with Crippen LogP contribution in [-0.4, -0.2) is 39.8 Å². The van der Waals surface area contributed by atoms with Crippen molar-refractivity contribution in [3.8, 4) is 0 Å². The Balaban J connectivity index is 2.42. The summed E-state index contributed by atoms with van der Waals surface area (Å²) < 4.78 is 29.3. The van der Waals surface area contributed by atoms with E-state index < -0.39 is 15.8 Å². The number of fused-ring (bicyclic) bond motifs is 1. The number of carbonyl (C=O) groups is 1. The van der Waals surface area contributed by atoms with E-state index in [2.05, 4.69) is 0 Å². The maximum absolute atomic E-state index is 12.0. The lowest BCUT2D eigenvalue weighted by atomic mass is 10.3. The summed E-state index contributed by atoms with van der Waals surface area (Å²) in [5, 5.41) is 0. The van der Waals surface area contributed by atoms with Crippen LogP contribution >= 0.6 is 11.3 Å². The van der Waals surface area contributed by atoms with E-state index in [9.17, 15) is 13.2 Å². The van der Waals surface area contributed by atoms with Crippen LogP contribution in [0.1, 0.15) is 29.9 Å². The quantitative estimate of drug-likeness (QED) is 0.795. The predicted molar refractivity (Wildman–Crippen MR) is 74.8 cm³/mol. The molecule has 2 heterocycles. The van der Waals surface area contributed by atoms with E-state index >= 15 is 0 Å². The summed E-state index contributed by atoms with van der Waals surface area (Å²) in [6, 6.07) is 1.64. The highest BCUT2D eigenvalue weighted by Gasteiger charge is 2.32. The maximum atomic E-state index is 12.0. The van der Waals surface area contributed by atoms with E-state index in [1.165, 1.54) is 0 Å². The number of nitrogens with zero attached hydrogens (tertiary/aromatic N) is 1. The number of hydrogen-bond donors (Lipinski definition) is 0. The third-order valence-corrected chi connectivity index (χ3v) is 6.31. The van der Waals surface area contributed by atoms with Crippen molar-refractivity contribution in [3.63, 3.8) is 0 Å². The van der Waals surface area contributed by atoms with Gasteiger partial charge in [0.15, 0.2) is 9.84 Å². The maximum Gasteiger partial charge on any atom is 0.348 e. The highest BCUT2D eigenvalue weighted by Crippen LogP contribution is 2.38. The van der Waals surface area contributed by atoms with Crippen molar-refractivity contribution >= 4 is 32.8 Å². The van der Waals surface area contributed by atoms with Crippen LogP contribution in [-0.2, 0) is 14.6 Å². The molecule has 2 rings (SSSR count). The number of sulfone groups is 1. The largest absolute Gasteiger partial charge is 0.462 e. The minimum Gasteiger partial charge on any atom is -0.462 e. The number of anilines is 1. The summed E-state index contributed by atoms with van der Waals surface area (Å²) in [4.78, 5) is 14.1. The second kappa shape index (κ2) is 5.50. The van der Waals surface area contributed by atoms with Crippen molar-refractivity contribution in [3.05, 3.63) is 10.9 Å². The Labute approximate surface area is 117 Å². The van der Waals surface area contributed by atoms with Crippen molar-refractivity contribution in [1.82, 2.24) is 0 Å². The zero-order chi connectivity index (χ0) is 14.0. The Morgan fingerprint density at radius 3 is 2.84 bits per heavy atom. The molecule has 1 aromatic heterocycles. The van der Waals surface area contributed by atoms with Gasteiger partial charge < -0.3 is 9.64 Å². The van der Waals surface area contributed by atoms with E-state index in [0.29, 0.717) is 21.3 Å². The van der Waals surface area contributed by atoms with Crippen LogP contribution < -0.4 is 4.90 Å². The number of esters is 1. The first kappa shape index (κ1) is 14.3. The molecule has 7 heteroatoms. The third kappa shape index (κ3) is 2.76. The second-order valence-electron chi connectivity index (χ2n) is 4.31. The molecule has 0 saturated heterocycles. The minimum atomic E-state index is -3.25. The summed E-state index contributed by atoms with van der Waals surface area (Å²) in [7, 11) is -3.25. The van der Waals surface area contributed by atoms with E-state index in [0.717, 1.165) is 24.3 Å². The SMILES string of the molecule is CCCN1CCS(=O)(=O)c2sc(C(=O)OCC)cc21. The van der Waals surface area contributed by atoms with Crippen LogP contribution in [0.4, 0.5) is 5.69 Å². The van der Waals surface area contributed by atoms with Gasteiger partial charge in [-0.25, -0.2) is 13.2 Å². The molecule has 0 aromatic carbocycles. The number of thiophene rings is 1. The van der Waals surface area contributed by atoms with Crippen molar-refractivity contribution in [1.29, 1.82) is 0 Å². The molecule has 0 unspecified atom stereocenters. The van der Waals surface area contributed by atoms with Gasteiger partial charge in [0.1, 0.15) is 9.09 Å². The standard InChI is InChI=1S/C12H17NO4S2/c1-3-5-13-6-7-19(15,16)12-9(13)8-10(18-12)11(14)17-4-2/h8H,3-7H2,1-2H3. The summed E-state index contributed by atoms with van der Waals surface area (Å²) in [5.74, 6) is -0.337. The summed E-state index contributed by atoms with van der Waals surface area (Å²) >= 11 is 1.02. The molecular weight excluding hydrogens is 286 g/mol. The van der Waals surface area contributed by atoms with Gasteiger partial charge in [-0.3, -0.25) is 0 Å². The van der Waals surface area contributed by atoms with Gasteiger partial charge in [0.25, 0.3) is 0 Å². The zero-order valence-corrected chi connectivity index (χ0v) is 12.6. The van der Waals surface area contributed by atoms with Gasteiger partial charge in [-0.2, -0.15) is 0 Å². The number of carbonyl (C=O) groups excluding carboxylic acids is 1. The monoisotopic (exact) mass is 303 g/mol. The van der Waals surface area contributed by atoms with Crippen LogP contribution in [0.2, 0.25) is 0 Å². The molecule has 0 atom stereocenters. The number of rotatable bonds is 4. The highest BCUT2D eigenvalue weighted by molar-refractivity contribution is 7.93. The van der Waals surface area contributed by atoms with Gasteiger partial charge in [-0.05, 0) is 19.4 Å². The molecule has 0 bridgehead atoms. The van der Waals surface area contributed by atoms with Gasteiger partial charge in [-0.15, -0.1) is 11.3 Å². The summed E-state index contributed by atoms with van der Waals surface area (Å²) in [6.07, 6.45) is 0.935. The number of ether oxygens (including phenoxy) is 1. The van der Waals surface area contributed by atoms with Crippen molar-refractivity contribution in [2.24, 2.45) is 0 Å². The first-order valence-corrected chi connectivity index (χ1v) is 8.75. The van der Waals surface area contributed by atoms with E-state index in [1.807, 2.05) is 11.8 Å². The molecule has 0 saturated carbocycles. The fraction of sp³-hybridized carbons (Fsp3) is 0.583. The lowest BCUT2D eigenvalue weighted by Crippen LogP contribution is -2.34. The van der Waals surface area contributed by atoms with Crippen molar-refractivity contribution in [2.45, 2.75) is 24.5 Å². The Morgan fingerprint density at radius 1 is 1.47 bits per heavy atom. The average Bonchev–Trinajstić information content (AvgIpc) is 2.80. The predicted octanol–water partition coefficient (Wildman–Crippen LogP) is 1.93. The van der Waals surface area contributed by atoms with Gasteiger partial charge in [0.05, 0.1) is 18.0 Å². The molecule has 0 radical (unpaired) electrons. The lowest BCUT2D eigenvalue weighted by Gasteiger charge is -2.28. The molecule has 0 spiro atoms. The van der Waals surface area contributed by atoms with Crippen molar-refractivity contribution < 1.29 is 17.9 Å². The Bertz CT molecular complexity index is 577. The molecule has 0 N–H and O–H groups in total. The van der Waals surface area contributed by atoms with Crippen LogP contribution in [0.15, 0.2) is 10.3 Å². The van der Waals surface area contributed by atoms with E-state index in [1.54, 1.807) is 13.0 Å². The molecule has 19 heavy (non-hydrogen) atoms. The summed E-state index contributed by atoms with van der Waals surface area (Å²) in [6.45, 7) is 5.34. The fourth-order valence-corrected chi connectivity index (χ4v) is 5.04. The fourth-order valence-electron chi connectivity index (χ4n) is 2.06. The second-order valence-corrected chi connectivity index (χ2v) is 7.67.